The van der Waals surface area contributed by atoms with Crippen molar-refractivity contribution in [2.75, 3.05) is 99.1 Å². The number of unbranched alkanes of at least 4 members (excludes halogenated alkanes) is 1. The Morgan fingerprint density at radius 1 is 0.622 bits per heavy atom. The van der Waals surface area contributed by atoms with Crippen LogP contribution in [0.2, 0.25) is 0 Å². The molecule has 15 heteroatoms. The van der Waals surface area contributed by atoms with Crippen molar-refractivity contribution in [1.29, 1.82) is 0 Å². The number of aliphatic hydroxyl groups is 1. The smallest absolute Gasteiger partial charge is 0.759 e. The van der Waals surface area contributed by atoms with Crippen LogP contribution in [0.3, 0.4) is 0 Å². The normalized spacial score (nSPS) is 11.7. The van der Waals surface area contributed by atoms with Gasteiger partial charge in [0.05, 0.1) is 92.5 Å². The molecule has 0 bridgehead atoms. The van der Waals surface area contributed by atoms with Crippen LogP contribution in [0.15, 0.2) is 0 Å². The minimum atomic E-state index is -5.17. The van der Waals surface area contributed by atoms with Crippen molar-refractivity contribution < 1.29 is 115 Å². The second-order valence-electron chi connectivity index (χ2n) is 7.30. The van der Waals surface area contributed by atoms with Crippen LogP contribution in [0.25, 0.3) is 0 Å². The summed E-state index contributed by atoms with van der Waals surface area (Å²) >= 11 is 0. The Labute approximate surface area is 267 Å². The molecule has 214 valence electrons. The molecule has 1 atom stereocenters. The van der Waals surface area contributed by atoms with E-state index in [9.17, 15) is 0 Å². The van der Waals surface area contributed by atoms with E-state index in [1.165, 1.54) is 25.7 Å². The first kappa shape index (κ1) is 45.5. The number of hydrogen-bond acceptors (Lipinski definition) is 12. The summed E-state index contributed by atoms with van der Waals surface area (Å²) in [6, 6.07) is 0. The van der Waals surface area contributed by atoms with Gasteiger partial charge in [0.25, 0.3) is 0 Å². The molecule has 0 saturated heterocycles. The maximum absolute atomic E-state index is 8.54. The molecule has 0 amide bonds. The van der Waals surface area contributed by atoms with Crippen LogP contribution in [-0.4, -0.2) is 122 Å². The molecule has 1 N–H and O–H groups in total. The molecule has 0 fully saturated rings. The van der Waals surface area contributed by atoms with Gasteiger partial charge in [0, 0.05) is 17.0 Å². The summed E-state index contributed by atoms with van der Waals surface area (Å²) in [7, 11) is -5.17. The standard InChI is InChI=1S/C22H46O8.2Na.H2O4S/c1-3-5-6-22(4-2)21-30-20-19-29-18-17-28-16-15-27-14-13-26-12-11-25-10-9-24-8-7-23;;;1-5(2,3)4/h22-23H,3-21H2,1-2H3;;;(H2,1,2,3,4)/q;2*+1;/p-2. The number of hydrogen-bond donors (Lipinski definition) is 1. The first-order valence-corrected chi connectivity index (χ1v) is 13.5. The molecule has 0 aliphatic carbocycles. The second-order valence-corrected chi connectivity index (χ2v) is 8.11. The van der Waals surface area contributed by atoms with Crippen LogP contribution in [0.1, 0.15) is 39.5 Å². The van der Waals surface area contributed by atoms with Gasteiger partial charge in [0.2, 0.25) is 0 Å². The predicted octanol–water partition coefficient (Wildman–Crippen LogP) is -5.02. The van der Waals surface area contributed by atoms with E-state index in [1.807, 2.05) is 0 Å². The van der Waals surface area contributed by atoms with E-state index in [0.29, 0.717) is 91.8 Å². The fraction of sp³-hybridized carbons (Fsp3) is 1.00. The molecular formula is C22H46Na2O12S. The Morgan fingerprint density at radius 2 is 0.919 bits per heavy atom. The first-order chi connectivity index (χ1) is 16.8. The summed E-state index contributed by atoms with van der Waals surface area (Å²) in [6.45, 7) is 12.3. The average molecular weight is 581 g/mol. The zero-order valence-electron chi connectivity index (χ0n) is 23.4. The zero-order chi connectivity index (χ0) is 26.5. The van der Waals surface area contributed by atoms with Crippen LogP contribution in [0, 0.1) is 5.92 Å². The topological polar surface area (TPSA) is 165 Å². The minimum absolute atomic E-state index is 0. The molecule has 0 aliphatic heterocycles. The van der Waals surface area contributed by atoms with Gasteiger partial charge >= 0.3 is 59.1 Å². The van der Waals surface area contributed by atoms with Gasteiger partial charge in [0.1, 0.15) is 0 Å². The van der Waals surface area contributed by atoms with Crippen molar-refractivity contribution >= 4 is 10.4 Å². The van der Waals surface area contributed by atoms with Gasteiger partial charge in [-0.15, -0.1) is 0 Å². The summed E-state index contributed by atoms with van der Waals surface area (Å²) in [6.07, 6.45) is 4.97. The van der Waals surface area contributed by atoms with Gasteiger partial charge in [-0.1, -0.05) is 33.1 Å². The molecule has 0 aromatic carbocycles. The summed E-state index contributed by atoms with van der Waals surface area (Å²) in [5, 5.41) is 8.54. The fourth-order valence-corrected chi connectivity index (χ4v) is 2.53. The Balaban J connectivity index is -0.000000704. The third-order valence-corrected chi connectivity index (χ3v) is 4.36. The zero-order valence-corrected chi connectivity index (χ0v) is 28.2. The molecule has 0 saturated carbocycles. The van der Waals surface area contributed by atoms with Gasteiger partial charge in [-0.2, -0.15) is 0 Å². The van der Waals surface area contributed by atoms with E-state index in [1.54, 1.807) is 0 Å². The molecule has 0 aromatic heterocycles. The molecule has 1 unspecified atom stereocenters. The molecule has 0 rings (SSSR count). The van der Waals surface area contributed by atoms with Crippen LogP contribution < -0.4 is 59.1 Å². The molecule has 0 heterocycles. The van der Waals surface area contributed by atoms with E-state index >= 15 is 0 Å². The van der Waals surface area contributed by atoms with Crippen molar-refractivity contribution in [3.05, 3.63) is 0 Å². The Kier molecular flexibility index (Phi) is 46.2. The molecule has 0 aliphatic rings. The number of ether oxygens (including phenoxy) is 7. The van der Waals surface area contributed by atoms with Crippen molar-refractivity contribution in [2.24, 2.45) is 5.92 Å². The molecule has 0 aromatic rings. The quantitative estimate of drug-likeness (QED) is 0.0449. The van der Waals surface area contributed by atoms with Crippen molar-refractivity contribution in [1.82, 2.24) is 0 Å². The third-order valence-electron chi connectivity index (χ3n) is 4.36. The molecule has 12 nitrogen and oxygen atoms in total. The average Bonchev–Trinajstić information content (AvgIpc) is 2.81. The maximum Gasteiger partial charge on any atom is 1.00 e. The molecular weight excluding hydrogens is 534 g/mol. The molecule has 0 spiro atoms. The molecule has 37 heavy (non-hydrogen) atoms. The Morgan fingerprint density at radius 3 is 1.19 bits per heavy atom. The maximum atomic E-state index is 8.54. The van der Waals surface area contributed by atoms with E-state index in [4.69, 9.17) is 55.8 Å². The van der Waals surface area contributed by atoms with E-state index in [-0.39, 0.29) is 65.7 Å². The monoisotopic (exact) mass is 580 g/mol. The Bertz CT molecular complexity index is 496. The summed E-state index contributed by atoms with van der Waals surface area (Å²) in [5.74, 6) is 0.676. The second kappa shape index (κ2) is 37.6. The van der Waals surface area contributed by atoms with Crippen LogP contribution in [-0.2, 0) is 43.6 Å². The SMILES string of the molecule is CCCCC(CC)COCCOCCOCCOCCOCCOCCOCCO.O=S(=O)([O-])[O-].[Na+].[Na+]. The van der Waals surface area contributed by atoms with Crippen LogP contribution in [0.5, 0.6) is 0 Å². The largest absolute Gasteiger partial charge is 1.00 e. The summed E-state index contributed by atoms with van der Waals surface area (Å²) in [5.41, 5.74) is 0. The van der Waals surface area contributed by atoms with Gasteiger partial charge in [-0.3, -0.25) is 8.42 Å². The molecule has 0 radical (unpaired) electrons. The van der Waals surface area contributed by atoms with Gasteiger partial charge in [-0.05, 0) is 12.3 Å². The van der Waals surface area contributed by atoms with E-state index in [2.05, 4.69) is 13.8 Å². The van der Waals surface area contributed by atoms with Crippen molar-refractivity contribution in [3.63, 3.8) is 0 Å². The number of rotatable bonds is 26. The van der Waals surface area contributed by atoms with Gasteiger partial charge in [-0.25, -0.2) is 0 Å². The predicted molar refractivity (Wildman–Crippen MR) is 127 cm³/mol. The van der Waals surface area contributed by atoms with Gasteiger partial charge in [0.15, 0.2) is 0 Å². The first-order valence-electron chi connectivity index (χ1n) is 12.2. The minimum Gasteiger partial charge on any atom is -0.759 e. The summed E-state index contributed by atoms with van der Waals surface area (Å²) < 4.78 is 72.0. The fourth-order valence-electron chi connectivity index (χ4n) is 2.53. The Hall–Kier alpha value is 1.55. The van der Waals surface area contributed by atoms with Crippen LogP contribution >= 0.6 is 0 Å². The third kappa shape index (κ3) is 50.8. The van der Waals surface area contributed by atoms with E-state index < -0.39 is 10.4 Å². The van der Waals surface area contributed by atoms with Crippen molar-refractivity contribution in [3.8, 4) is 0 Å². The van der Waals surface area contributed by atoms with Crippen molar-refractivity contribution in [2.45, 2.75) is 39.5 Å². The number of aliphatic hydroxyl groups excluding tert-OH is 1. The summed E-state index contributed by atoms with van der Waals surface area (Å²) in [4.78, 5) is 0. The van der Waals surface area contributed by atoms with Gasteiger partial charge < -0.3 is 47.4 Å². The van der Waals surface area contributed by atoms with Crippen LogP contribution in [0.4, 0.5) is 0 Å². The van der Waals surface area contributed by atoms with E-state index in [0.717, 1.165) is 6.61 Å².